The summed E-state index contributed by atoms with van der Waals surface area (Å²) in [6.45, 7) is 13.3. The van der Waals surface area contributed by atoms with Crippen molar-refractivity contribution >= 4 is 21.8 Å². The topological polar surface area (TPSA) is 44.9 Å². The largest absolute Gasteiger partial charge is 0.457 e. The van der Waals surface area contributed by atoms with Crippen molar-refractivity contribution in [1.82, 2.24) is 19.3 Å². The van der Waals surface area contributed by atoms with Crippen LogP contribution >= 0.6 is 0 Å². The van der Waals surface area contributed by atoms with Crippen LogP contribution in [0.3, 0.4) is 0 Å². The summed E-state index contributed by atoms with van der Waals surface area (Å²) in [5.74, 6) is 2.46. The van der Waals surface area contributed by atoms with E-state index in [4.69, 9.17) is 14.8 Å². The maximum absolute atomic E-state index is 6.64. The predicted molar refractivity (Wildman–Crippen MR) is 204 cm³/mol. The van der Waals surface area contributed by atoms with Crippen LogP contribution in [0.1, 0.15) is 73.2 Å². The van der Waals surface area contributed by atoms with Crippen molar-refractivity contribution in [2.24, 2.45) is 0 Å². The molecule has 7 aromatic rings. The number of aromatic nitrogens is 4. The van der Waals surface area contributed by atoms with Gasteiger partial charge in [-0.05, 0) is 118 Å². The fourth-order valence-electron chi connectivity index (χ4n) is 7.39. The summed E-state index contributed by atoms with van der Waals surface area (Å²) in [6, 6.07) is 32.1. The van der Waals surface area contributed by atoms with E-state index in [1.165, 1.54) is 55.5 Å². The molecular weight excluding hydrogens is 601 g/mol. The van der Waals surface area contributed by atoms with Gasteiger partial charge in [-0.2, -0.15) is 5.10 Å². The van der Waals surface area contributed by atoms with Crippen molar-refractivity contribution in [2.75, 3.05) is 0 Å². The van der Waals surface area contributed by atoms with Crippen LogP contribution in [0.25, 0.3) is 44.4 Å². The van der Waals surface area contributed by atoms with E-state index in [1.807, 2.05) is 18.3 Å². The van der Waals surface area contributed by atoms with E-state index < -0.39 is 0 Å². The molecule has 5 heteroatoms. The summed E-state index contributed by atoms with van der Waals surface area (Å²) in [5.41, 5.74) is 13.5. The van der Waals surface area contributed by atoms with Crippen LogP contribution in [0.5, 0.6) is 11.5 Å². The van der Waals surface area contributed by atoms with E-state index in [2.05, 4.69) is 130 Å². The first-order valence-corrected chi connectivity index (χ1v) is 17.8. The molecule has 3 aromatic heterocycles. The van der Waals surface area contributed by atoms with Crippen LogP contribution in [0, 0.1) is 27.7 Å². The number of nitrogens with zero attached hydrogens (tertiary/aromatic N) is 4. The number of hydrogen-bond acceptors (Lipinski definition) is 3. The second-order valence-electron chi connectivity index (χ2n) is 13.5. The van der Waals surface area contributed by atoms with Gasteiger partial charge >= 0.3 is 0 Å². The van der Waals surface area contributed by atoms with E-state index in [0.717, 1.165) is 72.6 Å². The Morgan fingerprint density at radius 1 is 0.633 bits per heavy atom. The molecule has 0 N–H and O–H groups in total. The molecular formula is C44H46N4O. The first-order valence-electron chi connectivity index (χ1n) is 17.8. The van der Waals surface area contributed by atoms with Gasteiger partial charge in [0.25, 0.3) is 0 Å². The van der Waals surface area contributed by atoms with Gasteiger partial charge in [-0.3, -0.25) is 4.57 Å². The first-order chi connectivity index (χ1) is 23.9. The highest BCUT2D eigenvalue weighted by molar-refractivity contribution is 6.09. The highest BCUT2D eigenvalue weighted by Gasteiger charge is 2.23. The number of pyridine rings is 1. The highest BCUT2D eigenvalue weighted by atomic mass is 16.5. The molecule has 0 atom stereocenters. The molecule has 0 radical (unpaired) electrons. The van der Waals surface area contributed by atoms with Gasteiger partial charge in [0, 0.05) is 34.7 Å². The number of fused-ring (bicyclic) bond motifs is 3. The van der Waals surface area contributed by atoms with Crippen molar-refractivity contribution in [3.8, 4) is 34.1 Å². The highest BCUT2D eigenvalue weighted by Crippen LogP contribution is 2.38. The molecule has 0 aliphatic carbocycles. The van der Waals surface area contributed by atoms with Crippen LogP contribution in [0.15, 0.2) is 97.2 Å². The van der Waals surface area contributed by atoms with Gasteiger partial charge in [0.1, 0.15) is 17.3 Å². The summed E-state index contributed by atoms with van der Waals surface area (Å²) in [4.78, 5) is 4.75. The molecule has 0 saturated carbocycles. The van der Waals surface area contributed by atoms with Crippen LogP contribution in [0.2, 0.25) is 0 Å². The van der Waals surface area contributed by atoms with Crippen LogP contribution in [-0.2, 0) is 12.8 Å². The molecule has 4 aromatic carbocycles. The molecule has 0 amide bonds. The molecule has 5 nitrogen and oxygen atoms in total. The standard InChI is InChI=1S/C44H46N4O/c1-7-9-17-38-44(43-31(5)24-30(4)25-32(43)6)40(18-10-8-2)48(46-38)33-14-13-15-34(27-33)49-35-20-21-37-36-16-11-12-19-39(36)47(41(37)28-35)42-26-29(3)22-23-45-42/h11-16,19-28H,7-10,17-18H2,1-6H3. The minimum absolute atomic E-state index is 0.781. The summed E-state index contributed by atoms with van der Waals surface area (Å²) < 4.78 is 11.1. The Morgan fingerprint density at radius 2 is 1.37 bits per heavy atom. The van der Waals surface area contributed by atoms with Gasteiger partial charge in [0.2, 0.25) is 0 Å². The zero-order valence-corrected chi connectivity index (χ0v) is 29.7. The smallest absolute Gasteiger partial charge is 0.137 e. The molecule has 49 heavy (non-hydrogen) atoms. The third kappa shape index (κ3) is 6.26. The second kappa shape index (κ2) is 13.8. The first kappa shape index (κ1) is 32.4. The molecule has 0 saturated heterocycles. The Kier molecular flexibility index (Phi) is 9.09. The van der Waals surface area contributed by atoms with Crippen molar-refractivity contribution in [2.45, 2.75) is 80.1 Å². The average Bonchev–Trinajstić information content (AvgIpc) is 3.61. The van der Waals surface area contributed by atoms with Gasteiger partial charge in [0.05, 0.1) is 28.1 Å². The monoisotopic (exact) mass is 646 g/mol. The molecule has 0 fully saturated rings. The Bertz CT molecular complexity index is 2270. The lowest BCUT2D eigenvalue weighted by molar-refractivity contribution is 0.482. The minimum Gasteiger partial charge on any atom is -0.457 e. The van der Waals surface area contributed by atoms with E-state index in [9.17, 15) is 0 Å². The summed E-state index contributed by atoms with van der Waals surface area (Å²) >= 11 is 0. The third-order valence-electron chi connectivity index (χ3n) is 9.59. The van der Waals surface area contributed by atoms with Crippen LogP contribution in [0.4, 0.5) is 0 Å². The van der Waals surface area contributed by atoms with Gasteiger partial charge < -0.3 is 4.74 Å². The Balaban J connectivity index is 1.32. The molecule has 0 aliphatic heterocycles. The Hall–Kier alpha value is -5.16. The SMILES string of the molecule is CCCCc1nn(-c2cccc(Oc3ccc4c5ccccc5n(-c5cc(C)ccn5)c4c3)c2)c(CCCC)c1-c1c(C)cc(C)cc1C. The number of para-hydroxylation sites is 1. The van der Waals surface area contributed by atoms with Crippen LogP contribution < -0.4 is 4.74 Å². The van der Waals surface area contributed by atoms with Crippen molar-refractivity contribution in [3.63, 3.8) is 0 Å². The van der Waals surface area contributed by atoms with Crippen molar-refractivity contribution in [3.05, 3.63) is 131 Å². The van der Waals surface area contributed by atoms with Gasteiger partial charge in [0.15, 0.2) is 0 Å². The Morgan fingerprint density at radius 3 is 2.14 bits per heavy atom. The fourth-order valence-corrected chi connectivity index (χ4v) is 7.39. The normalized spacial score (nSPS) is 11.6. The number of ether oxygens (including phenoxy) is 1. The van der Waals surface area contributed by atoms with E-state index in [0.29, 0.717) is 0 Å². The maximum atomic E-state index is 6.64. The molecule has 0 spiro atoms. The zero-order chi connectivity index (χ0) is 34.1. The molecule has 3 heterocycles. The lowest BCUT2D eigenvalue weighted by atomic mass is 9.90. The van der Waals surface area contributed by atoms with Crippen molar-refractivity contribution < 1.29 is 4.74 Å². The number of rotatable bonds is 11. The number of benzene rings is 4. The van der Waals surface area contributed by atoms with Crippen LogP contribution in [-0.4, -0.2) is 19.3 Å². The third-order valence-corrected chi connectivity index (χ3v) is 9.59. The van der Waals surface area contributed by atoms with E-state index >= 15 is 0 Å². The number of unbranched alkanes of at least 4 members (excludes halogenated alkanes) is 2. The van der Waals surface area contributed by atoms with Gasteiger partial charge in [-0.1, -0.05) is 68.7 Å². The quantitative estimate of drug-likeness (QED) is 0.140. The second-order valence-corrected chi connectivity index (χ2v) is 13.5. The van der Waals surface area contributed by atoms with Gasteiger partial charge in [-0.25, -0.2) is 9.67 Å². The number of hydrogen-bond donors (Lipinski definition) is 0. The van der Waals surface area contributed by atoms with Gasteiger partial charge in [-0.15, -0.1) is 0 Å². The minimum atomic E-state index is 0.781. The summed E-state index contributed by atoms with van der Waals surface area (Å²) in [5, 5.41) is 7.74. The lowest BCUT2D eigenvalue weighted by Crippen LogP contribution is -2.04. The zero-order valence-electron chi connectivity index (χ0n) is 29.7. The molecule has 0 unspecified atom stereocenters. The van der Waals surface area contributed by atoms with Crippen molar-refractivity contribution in [1.29, 1.82) is 0 Å². The molecule has 0 bridgehead atoms. The molecule has 248 valence electrons. The Labute approximate surface area is 290 Å². The maximum Gasteiger partial charge on any atom is 0.137 e. The summed E-state index contributed by atoms with van der Waals surface area (Å²) in [6.07, 6.45) is 8.29. The summed E-state index contributed by atoms with van der Waals surface area (Å²) in [7, 11) is 0. The lowest BCUT2D eigenvalue weighted by Gasteiger charge is -2.15. The van der Waals surface area contributed by atoms with E-state index in [1.54, 1.807) is 0 Å². The number of aryl methyl sites for hydroxylation is 5. The predicted octanol–water partition coefficient (Wildman–Crippen LogP) is 11.7. The molecule has 0 aliphatic rings. The molecule has 7 rings (SSSR count). The average molecular weight is 647 g/mol. The fraction of sp³-hybridized carbons (Fsp3) is 0.273. The van der Waals surface area contributed by atoms with E-state index in [-0.39, 0.29) is 0 Å².